The molecule has 0 aromatic heterocycles. The summed E-state index contributed by atoms with van der Waals surface area (Å²) >= 11 is 0. The quantitative estimate of drug-likeness (QED) is 0.580. The third kappa shape index (κ3) is 1.18. The monoisotopic (exact) mass is 137 g/mol. The van der Waals surface area contributed by atoms with Crippen molar-refractivity contribution >= 4 is 5.78 Å². The van der Waals surface area contributed by atoms with E-state index in [1.165, 1.54) is 0 Å². The zero-order valence-electron chi connectivity index (χ0n) is 6.18. The van der Waals surface area contributed by atoms with E-state index in [1.54, 1.807) is 6.92 Å². The number of carbonyl (C=O) groups excluding carboxylic acids is 1. The molecule has 2 nitrogen and oxygen atoms in total. The number of carbonyl (C=O) groups is 1. The second-order valence-electron chi connectivity index (χ2n) is 3.12. The molecule has 1 aliphatic carbocycles. The van der Waals surface area contributed by atoms with E-state index in [1.807, 2.05) is 0 Å². The molecule has 1 saturated carbocycles. The minimum atomic E-state index is -0.258. The summed E-state index contributed by atoms with van der Waals surface area (Å²) in [4.78, 5) is 10.7. The molecule has 0 bridgehead atoms. The molecular weight excluding hydrogens is 126 g/mol. The van der Waals surface area contributed by atoms with Crippen molar-refractivity contribution in [2.75, 3.05) is 0 Å². The molecule has 10 heavy (non-hydrogen) atoms. The number of hydrogen-bond donors (Lipinski definition) is 0. The van der Waals surface area contributed by atoms with Crippen molar-refractivity contribution in [2.24, 2.45) is 5.41 Å². The number of Topliss-reactive ketones (excluding diaryl/α,β-unsaturated/α-hetero) is 1. The van der Waals surface area contributed by atoms with Crippen LogP contribution >= 0.6 is 0 Å². The van der Waals surface area contributed by atoms with Crippen LogP contribution in [-0.2, 0) is 4.79 Å². The van der Waals surface area contributed by atoms with Gasteiger partial charge in [0.2, 0.25) is 0 Å². The Morgan fingerprint density at radius 3 is 2.40 bits per heavy atom. The van der Waals surface area contributed by atoms with Gasteiger partial charge in [0.05, 0.1) is 11.5 Å². The van der Waals surface area contributed by atoms with Crippen LogP contribution in [0.1, 0.15) is 32.6 Å². The number of hydrogen-bond acceptors (Lipinski definition) is 2. The second-order valence-corrected chi connectivity index (χ2v) is 3.12. The first kappa shape index (κ1) is 7.27. The molecule has 0 heterocycles. The number of ketones is 1. The van der Waals surface area contributed by atoms with Gasteiger partial charge >= 0.3 is 0 Å². The van der Waals surface area contributed by atoms with Crippen LogP contribution in [0.15, 0.2) is 0 Å². The lowest BCUT2D eigenvalue weighted by atomic mass is 9.67. The van der Waals surface area contributed by atoms with Crippen molar-refractivity contribution in [1.82, 2.24) is 0 Å². The molecule has 0 aromatic rings. The summed E-state index contributed by atoms with van der Waals surface area (Å²) in [5, 5.41) is 8.68. The van der Waals surface area contributed by atoms with Crippen molar-refractivity contribution in [3.63, 3.8) is 0 Å². The fourth-order valence-corrected chi connectivity index (χ4v) is 1.41. The van der Waals surface area contributed by atoms with E-state index in [9.17, 15) is 4.79 Å². The molecule has 0 aromatic carbocycles. The van der Waals surface area contributed by atoms with Crippen molar-refractivity contribution in [1.29, 1.82) is 5.26 Å². The Hall–Kier alpha value is -0.840. The maximum atomic E-state index is 10.7. The van der Waals surface area contributed by atoms with Crippen molar-refractivity contribution in [3.8, 4) is 6.07 Å². The zero-order valence-corrected chi connectivity index (χ0v) is 6.18. The minimum absolute atomic E-state index is 0.140. The highest BCUT2D eigenvalue weighted by atomic mass is 16.1. The second kappa shape index (κ2) is 2.42. The van der Waals surface area contributed by atoms with E-state index in [4.69, 9.17) is 5.26 Å². The van der Waals surface area contributed by atoms with Gasteiger partial charge in [0.25, 0.3) is 0 Å². The van der Waals surface area contributed by atoms with Gasteiger partial charge in [-0.05, 0) is 19.8 Å². The van der Waals surface area contributed by atoms with Crippen molar-refractivity contribution < 1.29 is 4.79 Å². The van der Waals surface area contributed by atoms with Gasteiger partial charge in [-0.1, -0.05) is 6.42 Å². The largest absolute Gasteiger partial charge is 0.300 e. The number of rotatable bonds is 2. The molecule has 2 heteroatoms. The summed E-state index contributed by atoms with van der Waals surface area (Å²) in [5.74, 6) is 0.140. The average molecular weight is 137 g/mol. The normalized spacial score (nSPS) is 20.8. The van der Waals surface area contributed by atoms with Gasteiger partial charge < -0.3 is 0 Å². The third-order valence-corrected chi connectivity index (χ3v) is 2.14. The van der Waals surface area contributed by atoms with Crippen LogP contribution in [0.25, 0.3) is 0 Å². The summed E-state index contributed by atoms with van der Waals surface area (Å²) in [5.41, 5.74) is -0.258. The highest BCUT2D eigenvalue weighted by Crippen LogP contribution is 2.43. The van der Waals surface area contributed by atoms with E-state index >= 15 is 0 Å². The predicted molar refractivity (Wildman–Crippen MR) is 37.2 cm³/mol. The Morgan fingerprint density at radius 2 is 2.30 bits per heavy atom. The molecule has 0 unspecified atom stereocenters. The highest BCUT2D eigenvalue weighted by Gasteiger charge is 2.37. The lowest BCUT2D eigenvalue weighted by molar-refractivity contribution is -0.119. The maximum absolute atomic E-state index is 10.7. The van der Waals surface area contributed by atoms with Gasteiger partial charge in [-0.2, -0.15) is 5.26 Å². The molecule has 0 aliphatic heterocycles. The summed E-state index contributed by atoms with van der Waals surface area (Å²) in [6, 6.07) is 2.23. The molecular formula is C8H11NO. The Balaban J connectivity index is 2.51. The standard InChI is InChI=1S/C8H11NO/c1-7(10)5-8(6-9)3-2-4-8/h2-5H2,1H3. The van der Waals surface area contributed by atoms with Crippen LogP contribution in [0.4, 0.5) is 0 Å². The molecule has 1 fully saturated rings. The van der Waals surface area contributed by atoms with Crippen LogP contribution in [-0.4, -0.2) is 5.78 Å². The number of nitriles is 1. The predicted octanol–water partition coefficient (Wildman–Crippen LogP) is 1.66. The molecule has 0 N–H and O–H groups in total. The Morgan fingerprint density at radius 1 is 1.70 bits per heavy atom. The lowest BCUT2D eigenvalue weighted by Crippen LogP contribution is -2.29. The summed E-state index contributed by atoms with van der Waals surface area (Å²) < 4.78 is 0. The van der Waals surface area contributed by atoms with Crippen LogP contribution in [0, 0.1) is 16.7 Å². The molecule has 1 rings (SSSR count). The van der Waals surface area contributed by atoms with Crippen LogP contribution in [0.3, 0.4) is 0 Å². The van der Waals surface area contributed by atoms with Gasteiger partial charge in [0, 0.05) is 6.42 Å². The van der Waals surface area contributed by atoms with Crippen LogP contribution < -0.4 is 0 Å². The Bertz CT molecular complexity index is 186. The first-order valence-corrected chi connectivity index (χ1v) is 3.59. The highest BCUT2D eigenvalue weighted by molar-refractivity contribution is 5.76. The summed E-state index contributed by atoms with van der Waals surface area (Å²) in [6.07, 6.45) is 3.41. The topological polar surface area (TPSA) is 40.9 Å². The van der Waals surface area contributed by atoms with E-state index in [2.05, 4.69) is 6.07 Å². The number of nitrogens with zero attached hydrogens (tertiary/aromatic N) is 1. The van der Waals surface area contributed by atoms with Gasteiger partial charge in [-0.3, -0.25) is 4.79 Å². The van der Waals surface area contributed by atoms with E-state index in [0.717, 1.165) is 19.3 Å². The van der Waals surface area contributed by atoms with E-state index in [-0.39, 0.29) is 11.2 Å². The molecule has 0 saturated heterocycles. The zero-order chi connectivity index (χ0) is 7.61. The molecule has 0 atom stereocenters. The maximum Gasteiger partial charge on any atom is 0.131 e. The van der Waals surface area contributed by atoms with Crippen LogP contribution in [0.5, 0.6) is 0 Å². The van der Waals surface area contributed by atoms with E-state index < -0.39 is 0 Å². The Labute approximate surface area is 60.8 Å². The fourth-order valence-electron chi connectivity index (χ4n) is 1.41. The molecule has 54 valence electrons. The van der Waals surface area contributed by atoms with Gasteiger partial charge in [0.1, 0.15) is 5.78 Å². The van der Waals surface area contributed by atoms with Crippen molar-refractivity contribution in [3.05, 3.63) is 0 Å². The fraction of sp³-hybridized carbons (Fsp3) is 0.750. The SMILES string of the molecule is CC(=O)CC1(C#N)CCC1. The van der Waals surface area contributed by atoms with Gasteiger partial charge in [0.15, 0.2) is 0 Å². The van der Waals surface area contributed by atoms with E-state index in [0.29, 0.717) is 6.42 Å². The first-order valence-electron chi connectivity index (χ1n) is 3.59. The first-order chi connectivity index (χ1) is 4.68. The molecule has 0 radical (unpaired) electrons. The summed E-state index contributed by atoms with van der Waals surface area (Å²) in [7, 11) is 0. The molecule has 0 spiro atoms. The van der Waals surface area contributed by atoms with Gasteiger partial charge in [-0.15, -0.1) is 0 Å². The van der Waals surface area contributed by atoms with Crippen LogP contribution in [0.2, 0.25) is 0 Å². The minimum Gasteiger partial charge on any atom is -0.300 e. The van der Waals surface area contributed by atoms with Crippen molar-refractivity contribution in [2.45, 2.75) is 32.6 Å². The Kier molecular flexibility index (Phi) is 1.76. The average Bonchev–Trinajstić information content (AvgIpc) is 1.78. The molecule has 1 aliphatic rings. The molecule has 0 amide bonds. The van der Waals surface area contributed by atoms with Gasteiger partial charge in [-0.25, -0.2) is 0 Å². The smallest absolute Gasteiger partial charge is 0.131 e. The lowest BCUT2D eigenvalue weighted by Gasteiger charge is -2.33. The summed E-state index contributed by atoms with van der Waals surface area (Å²) in [6.45, 7) is 1.55. The third-order valence-electron chi connectivity index (χ3n) is 2.14.